The molecule has 37 heavy (non-hydrogen) atoms. The van der Waals surface area contributed by atoms with Gasteiger partial charge in [0.25, 0.3) is 15.7 Å². The van der Waals surface area contributed by atoms with E-state index in [0.717, 1.165) is 12.1 Å². The third-order valence-corrected chi connectivity index (χ3v) is 5.93. The van der Waals surface area contributed by atoms with Gasteiger partial charge in [-0.3, -0.25) is 10.1 Å². The average Bonchev–Trinajstić information content (AvgIpc) is 2.75. The maximum absolute atomic E-state index is 13.3. The largest absolute Gasteiger partial charge is 0.463 e. The SMILES string of the molecule is CCOC(=O)C=C(C#CCN(CCNC(=O)OC(C)(C)C)S(=O)(=O)c1ccccc1[N+](=O)[O-])C(F)(F)F. The summed E-state index contributed by atoms with van der Waals surface area (Å²) >= 11 is 0. The van der Waals surface area contributed by atoms with E-state index in [1.165, 1.54) is 19.1 Å². The molecule has 0 aliphatic heterocycles. The standard InChI is InChI=1S/C22H26F3N3O8S/c1-5-35-19(29)15-16(22(23,24)25)9-8-13-27(14-12-26-20(30)36-21(2,3)4)37(33,34)18-11-7-6-10-17(18)28(31)32/h6-7,10-11,15H,5,12-14H2,1-4H3,(H,26,30). The van der Waals surface area contributed by atoms with Gasteiger partial charge in [-0.25, -0.2) is 18.0 Å². The number of sulfonamides is 1. The first kappa shape index (κ1) is 31.4. The van der Waals surface area contributed by atoms with Crippen LogP contribution in [0.4, 0.5) is 23.7 Å². The number of nitro groups is 1. The van der Waals surface area contributed by atoms with Crippen LogP contribution in [0, 0.1) is 22.0 Å². The van der Waals surface area contributed by atoms with E-state index < -0.39 is 68.0 Å². The van der Waals surface area contributed by atoms with Crippen molar-refractivity contribution in [3.05, 3.63) is 46.0 Å². The minimum Gasteiger partial charge on any atom is -0.463 e. The Kier molecular flexibility index (Phi) is 11.1. The molecule has 0 unspecified atom stereocenters. The van der Waals surface area contributed by atoms with E-state index in [1.54, 1.807) is 26.7 Å². The van der Waals surface area contributed by atoms with Crippen molar-refractivity contribution in [1.29, 1.82) is 0 Å². The highest BCUT2D eigenvalue weighted by Crippen LogP contribution is 2.27. The maximum atomic E-state index is 13.3. The Morgan fingerprint density at radius 3 is 2.38 bits per heavy atom. The molecule has 1 N–H and O–H groups in total. The fraction of sp³-hybridized carbons (Fsp3) is 0.455. The van der Waals surface area contributed by atoms with Gasteiger partial charge < -0.3 is 14.8 Å². The molecular formula is C22H26F3N3O8S. The first-order chi connectivity index (χ1) is 17.0. The number of hydrogen-bond acceptors (Lipinski definition) is 8. The molecule has 15 heteroatoms. The van der Waals surface area contributed by atoms with Crippen LogP contribution in [0.1, 0.15) is 27.7 Å². The third kappa shape index (κ3) is 10.5. The average molecular weight is 550 g/mol. The molecular weight excluding hydrogens is 523 g/mol. The lowest BCUT2D eigenvalue weighted by atomic mass is 10.2. The van der Waals surface area contributed by atoms with Crippen molar-refractivity contribution in [3.8, 4) is 11.8 Å². The molecule has 0 heterocycles. The number of esters is 1. The van der Waals surface area contributed by atoms with Gasteiger partial charge in [0.2, 0.25) is 0 Å². The molecule has 0 aliphatic carbocycles. The molecule has 1 aromatic carbocycles. The second kappa shape index (κ2) is 13.1. The number of amides is 1. The zero-order valence-electron chi connectivity index (χ0n) is 20.4. The van der Waals surface area contributed by atoms with Crippen molar-refractivity contribution in [1.82, 2.24) is 9.62 Å². The fourth-order valence-corrected chi connectivity index (χ4v) is 4.06. The van der Waals surface area contributed by atoms with Crippen molar-refractivity contribution < 1.29 is 45.6 Å². The molecule has 11 nitrogen and oxygen atoms in total. The molecule has 0 aliphatic rings. The topological polar surface area (TPSA) is 145 Å². The van der Waals surface area contributed by atoms with E-state index in [2.05, 4.69) is 10.1 Å². The normalized spacial score (nSPS) is 12.4. The van der Waals surface area contributed by atoms with Crippen LogP contribution in [-0.4, -0.2) is 67.7 Å². The van der Waals surface area contributed by atoms with Gasteiger partial charge >= 0.3 is 18.2 Å². The van der Waals surface area contributed by atoms with E-state index in [4.69, 9.17) is 4.74 Å². The number of hydrogen-bond donors (Lipinski definition) is 1. The summed E-state index contributed by atoms with van der Waals surface area (Å²) in [7, 11) is -4.67. The van der Waals surface area contributed by atoms with Gasteiger partial charge in [0.1, 0.15) is 11.2 Å². The summed E-state index contributed by atoms with van der Waals surface area (Å²) < 4.78 is 76.2. The Labute approximate surface area is 211 Å². The van der Waals surface area contributed by atoms with Gasteiger partial charge in [-0.2, -0.15) is 17.5 Å². The Bertz CT molecular complexity index is 1200. The molecule has 1 rings (SSSR count). The highest BCUT2D eigenvalue weighted by atomic mass is 32.2. The molecule has 0 fully saturated rings. The summed E-state index contributed by atoms with van der Waals surface area (Å²) in [5.41, 5.74) is -3.20. The summed E-state index contributed by atoms with van der Waals surface area (Å²) in [5, 5.41) is 13.6. The minimum atomic E-state index is -5.04. The molecule has 0 atom stereocenters. The van der Waals surface area contributed by atoms with Gasteiger partial charge in [-0.15, -0.1) is 0 Å². The molecule has 0 aromatic heterocycles. The van der Waals surface area contributed by atoms with Crippen LogP contribution in [0.5, 0.6) is 0 Å². The predicted molar refractivity (Wildman–Crippen MR) is 125 cm³/mol. The first-order valence-electron chi connectivity index (χ1n) is 10.6. The highest BCUT2D eigenvalue weighted by molar-refractivity contribution is 7.89. The van der Waals surface area contributed by atoms with Gasteiger partial charge in [0, 0.05) is 25.2 Å². The molecule has 1 aromatic rings. The number of benzene rings is 1. The second-order valence-corrected chi connectivity index (χ2v) is 10.0. The zero-order valence-corrected chi connectivity index (χ0v) is 21.2. The van der Waals surface area contributed by atoms with Gasteiger partial charge in [0.05, 0.1) is 18.1 Å². The highest BCUT2D eigenvalue weighted by Gasteiger charge is 2.34. The van der Waals surface area contributed by atoms with Crippen LogP contribution in [0.3, 0.4) is 0 Å². The van der Waals surface area contributed by atoms with Crippen molar-refractivity contribution in [2.24, 2.45) is 0 Å². The number of para-hydroxylation sites is 1. The van der Waals surface area contributed by atoms with Gasteiger partial charge in [-0.05, 0) is 33.8 Å². The van der Waals surface area contributed by atoms with Crippen LogP contribution in [0.15, 0.2) is 40.8 Å². The van der Waals surface area contributed by atoms with E-state index >= 15 is 0 Å². The molecule has 0 radical (unpaired) electrons. The third-order valence-electron chi connectivity index (χ3n) is 4.04. The van der Waals surface area contributed by atoms with Crippen molar-refractivity contribution in [2.75, 3.05) is 26.2 Å². The Morgan fingerprint density at radius 1 is 1.22 bits per heavy atom. The summed E-state index contributed by atoms with van der Waals surface area (Å²) in [6.07, 6.45) is -5.81. The van der Waals surface area contributed by atoms with Crippen molar-refractivity contribution in [2.45, 2.75) is 44.4 Å². The van der Waals surface area contributed by atoms with E-state index in [9.17, 15) is 41.3 Å². The van der Waals surface area contributed by atoms with Gasteiger partial charge in [-0.1, -0.05) is 24.0 Å². The van der Waals surface area contributed by atoms with E-state index in [-0.39, 0.29) is 19.2 Å². The lowest BCUT2D eigenvalue weighted by Crippen LogP contribution is -2.40. The molecule has 0 bridgehead atoms. The molecule has 0 saturated carbocycles. The zero-order chi connectivity index (χ0) is 28.4. The number of alkyl halides is 3. The van der Waals surface area contributed by atoms with Crippen LogP contribution in [0.25, 0.3) is 0 Å². The van der Waals surface area contributed by atoms with Crippen LogP contribution in [0.2, 0.25) is 0 Å². The number of carbonyl (C=O) groups is 2. The Hall–Kier alpha value is -3.64. The number of alkyl carbamates (subject to hydrolysis) is 1. The Balaban J connectivity index is 3.34. The van der Waals surface area contributed by atoms with Crippen LogP contribution >= 0.6 is 0 Å². The number of allylic oxidation sites excluding steroid dienone is 1. The van der Waals surface area contributed by atoms with E-state index in [0.29, 0.717) is 4.31 Å². The van der Waals surface area contributed by atoms with Crippen LogP contribution in [-0.2, 0) is 24.3 Å². The second-order valence-electron chi connectivity index (χ2n) is 8.10. The molecule has 0 saturated heterocycles. The summed E-state index contributed by atoms with van der Waals surface area (Å²) in [5.74, 6) is 2.44. The number of rotatable bonds is 9. The molecule has 204 valence electrons. The lowest BCUT2D eigenvalue weighted by molar-refractivity contribution is -0.387. The quantitative estimate of drug-likeness (QED) is 0.163. The molecule has 1 amide bonds. The summed E-state index contributed by atoms with van der Waals surface area (Å²) in [4.78, 5) is 33.0. The number of ether oxygens (including phenoxy) is 2. The smallest absolute Gasteiger partial charge is 0.424 e. The number of halogens is 3. The number of nitrogens with zero attached hydrogens (tertiary/aromatic N) is 2. The predicted octanol–water partition coefficient (Wildman–Crippen LogP) is 3.17. The van der Waals surface area contributed by atoms with Gasteiger partial charge in [0.15, 0.2) is 4.90 Å². The minimum absolute atomic E-state index is 0.126. The summed E-state index contributed by atoms with van der Waals surface area (Å²) in [6, 6.07) is 4.37. The molecule has 0 spiro atoms. The fourth-order valence-electron chi connectivity index (χ4n) is 2.56. The Morgan fingerprint density at radius 2 is 1.84 bits per heavy atom. The van der Waals surface area contributed by atoms with Crippen LogP contribution < -0.4 is 5.32 Å². The lowest BCUT2D eigenvalue weighted by Gasteiger charge is -2.22. The van der Waals surface area contributed by atoms with Crippen molar-refractivity contribution >= 4 is 27.8 Å². The number of nitrogens with one attached hydrogen (secondary N) is 1. The monoisotopic (exact) mass is 549 g/mol. The summed E-state index contributed by atoms with van der Waals surface area (Å²) in [6.45, 7) is 4.25. The first-order valence-corrected chi connectivity index (χ1v) is 12.1. The van der Waals surface area contributed by atoms with Crippen molar-refractivity contribution in [3.63, 3.8) is 0 Å². The number of carbonyl (C=O) groups excluding carboxylic acids is 2. The number of nitro benzene ring substituents is 1. The van der Waals surface area contributed by atoms with E-state index in [1.807, 2.05) is 5.92 Å². The maximum Gasteiger partial charge on any atom is 0.424 e.